The van der Waals surface area contributed by atoms with Crippen LogP contribution in [0.15, 0.2) is 84.9 Å². The first-order valence-corrected chi connectivity index (χ1v) is 10.1. The van der Waals surface area contributed by atoms with Crippen LogP contribution in [0.5, 0.6) is 0 Å². The molecule has 3 N–H and O–H groups in total. The highest BCUT2D eigenvalue weighted by Gasteiger charge is 2.25. The number of benzene rings is 3. The molecule has 0 saturated carbocycles. The number of nitrogens with one attached hydrogen (secondary N) is 2. The van der Waals surface area contributed by atoms with Gasteiger partial charge in [0.25, 0.3) is 0 Å². The van der Waals surface area contributed by atoms with Gasteiger partial charge in [-0.3, -0.25) is 4.79 Å². The molecule has 160 valence electrons. The Kier molecular flexibility index (Phi) is 7.90. The van der Waals surface area contributed by atoms with Crippen molar-refractivity contribution in [3.63, 3.8) is 0 Å². The summed E-state index contributed by atoms with van der Waals surface area (Å²) in [4.78, 5) is 24.8. The lowest BCUT2D eigenvalue weighted by Crippen LogP contribution is -2.51. The number of carboxylic acids is 1. The van der Waals surface area contributed by atoms with Crippen LogP contribution in [-0.4, -0.2) is 29.1 Å². The van der Waals surface area contributed by atoms with E-state index in [1.54, 1.807) is 12.1 Å². The number of amides is 1. The topological polar surface area (TPSA) is 78.4 Å². The minimum atomic E-state index is -1.09. The first-order chi connectivity index (χ1) is 15.0. The molecule has 0 aliphatic carbocycles. The first kappa shape index (κ1) is 22.2. The van der Waals surface area contributed by atoms with Crippen molar-refractivity contribution < 1.29 is 19.1 Å². The van der Waals surface area contributed by atoms with Gasteiger partial charge in [-0.15, -0.1) is 0 Å². The van der Waals surface area contributed by atoms with Crippen LogP contribution < -0.4 is 10.6 Å². The van der Waals surface area contributed by atoms with Gasteiger partial charge in [0.15, 0.2) is 0 Å². The van der Waals surface area contributed by atoms with E-state index in [1.165, 1.54) is 12.1 Å². The zero-order chi connectivity index (χ0) is 22.1. The van der Waals surface area contributed by atoms with Crippen LogP contribution in [0.3, 0.4) is 0 Å². The molecular formula is C25H25FN2O3. The molecule has 0 aliphatic heterocycles. The average molecular weight is 420 g/mol. The largest absolute Gasteiger partial charge is 0.480 e. The molecule has 6 heteroatoms. The Hall–Kier alpha value is -3.51. The summed E-state index contributed by atoms with van der Waals surface area (Å²) in [7, 11) is 0. The fourth-order valence-electron chi connectivity index (χ4n) is 3.27. The third-order valence-corrected chi connectivity index (χ3v) is 4.96. The summed E-state index contributed by atoms with van der Waals surface area (Å²) in [6.45, 7) is 0.349. The Labute approximate surface area is 180 Å². The van der Waals surface area contributed by atoms with Gasteiger partial charge in [-0.05, 0) is 35.2 Å². The minimum Gasteiger partial charge on any atom is -0.480 e. The molecular weight excluding hydrogens is 395 g/mol. The molecule has 0 aliphatic rings. The number of hydrogen-bond donors (Lipinski definition) is 3. The lowest BCUT2D eigenvalue weighted by atomic mass is 10.0. The van der Waals surface area contributed by atoms with Crippen LogP contribution in [0.25, 0.3) is 0 Å². The van der Waals surface area contributed by atoms with E-state index >= 15 is 0 Å². The summed E-state index contributed by atoms with van der Waals surface area (Å²) in [6.07, 6.45) is 0.587. The van der Waals surface area contributed by atoms with Gasteiger partial charge in [-0.25, -0.2) is 9.18 Å². The van der Waals surface area contributed by atoms with Gasteiger partial charge >= 0.3 is 5.97 Å². The molecule has 1 amide bonds. The SMILES string of the molecule is O=C(O)[C@H](Cc1ccccc1)NC(=O)[C@H](Cc1ccccc1)NCc1ccc(F)cc1. The van der Waals surface area contributed by atoms with Crippen molar-refractivity contribution in [2.24, 2.45) is 0 Å². The highest BCUT2D eigenvalue weighted by molar-refractivity contribution is 5.87. The lowest BCUT2D eigenvalue weighted by Gasteiger charge is -2.22. The molecule has 0 heterocycles. The van der Waals surface area contributed by atoms with Crippen molar-refractivity contribution in [3.8, 4) is 0 Å². The van der Waals surface area contributed by atoms with E-state index in [0.717, 1.165) is 16.7 Å². The molecule has 5 nitrogen and oxygen atoms in total. The average Bonchev–Trinajstić information content (AvgIpc) is 2.78. The highest BCUT2D eigenvalue weighted by atomic mass is 19.1. The summed E-state index contributed by atoms with van der Waals surface area (Å²) in [5.41, 5.74) is 2.60. The maximum absolute atomic E-state index is 13.2. The summed E-state index contributed by atoms with van der Waals surface area (Å²) in [5, 5.41) is 15.5. The second-order valence-corrected chi connectivity index (χ2v) is 7.34. The van der Waals surface area contributed by atoms with Crippen LogP contribution in [0, 0.1) is 5.82 Å². The Bertz CT molecular complexity index is 979. The van der Waals surface area contributed by atoms with Gasteiger partial charge in [-0.1, -0.05) is 72.8 Å². The Balaban J connectivity index is 1.71. The number of aliphatic carboxylic acids is 1. The molecule has 0 unspecified atom stereocenters. The van der Waals surface area contributed by atoms with E-state index in [-0.39, 0.29) is 12.2 Å². The van der Waals surface area contributed by atoms with E-state index in [9.17, 15) is 19.1 Å². The quantitative estimate of drug-likeness (QED) is 0.470. The van der Waals surface area contributed by atoms with Gasteiger partial charge in [0.1, 0.15) is 11.9 Å². The van der Waals surface area contributed by atoms with Crippen LogP contribution in [0.1, 0.15) is 16.7 Å². The van der Waals surface area contributed by atoms with Gasteiger partial charge in [-0.2, -0.15) is 0 Å². The monoisotopic (exact) mass is 420 g/mol. The van der Waals surface area contributed by atoms with Gasteiger partial charge in [0.05, 0.1) is 6.04 Å². The fraction of sp³-hybridized carbons (Fsp3) is 0.200. The maximum Gasteiger partial charge on any atom is 0.326 e. The Morgan fingerprint density at radius 1 is 0.742 bits per heavy atom. The van der Waals surface area contributed by atoms with Gasteiger partial charge < -0.3 is 15.7 Å². The first-order valence-electron chi connectivity index (χ1n) is 10.1. The molecule has 31 heavy (non-hydrogen) atoms. The molecule has 0 aromatic heterocycles. The third kappa shape index (κ3) is 7.04. The minimum absolute atomic E-state index is 0.192. The summed E-state index contributed by atoms with van der Waals surface area (Å²) >= 11 is 0. The van der Waals surface area contributed by atoms with Crippen molar-refractivity contribution in [2.75, 3.05) is 0 Å². The van der Waals surface area contributed by atoms with Crippen molar-refractivity contribution in [1.82, 2.24) is 10.6 Å². The van der Waals surface area contributed by atoms with Crippen molar-refractivity contribution in [2.45, 2.75) is 31.5 Å². The van der Waals surface area contributed by atoms with Gasteiger partial charge in [0, 0.05) is 13.0 Å². The predicted octanol–water partition coefficient (Wildman–Crippen LogP) is 3.34. The fourth-order valence-corrected chi connectivity index (χ4v) is 3.27. The van der Waals surface area contributed by atoms with Crippen LogP contribution >= 0.6 is 0 Å². The number of carboxylic acid groups (broad SMARTS) is 1. The summed E-state index contributed by atoms with van der Waals surface area (Å²) in [6, 6.07) is 23.0. The van der Waals surface area contributed by atoms with Crippen LogP contribution in [0.4, 0.5) is 4.39 Å². The number of hydrogen-bond acceptors (Lipinski definition) is 3. The van der Waals surface area contributed by atoms with Crippen LogP contribution in [0.2, 0.25) is 0 Å². The summed E-state index contributed by atoms with van der Waals surface area (Å²) < 4.78 is 13.2. The lowest BCUT2D eigenvalue weighted by molar-refractivity contribution is -0.142. The van der Waals surface area contributed by atoms with Crippen molar-refractivity contribution >= 4 is 11.9 Å². The van der Waals surface area contributed by atoms with E-state index in [2.05, 4.69) is 10.6 Å². The zero-order valence-corrected chi connectivity index (χ0v) is 17.0. The second kappa shape index (κ2) is 11.0. The molecule has 0 fully saturated rings. The molecule has 2 atom stereocenters. The normalized spacial score (nSPS) is 12.7. The molecule has 0 saturated heterocycles. The molecule has 0 bridgehead atoms. The smallest absolute Gasteiger partial charge is 0.326 e. The van der Waals surface area contributed by atoms with Crippen molar-refractivity contribution in [1.29, 1.82) is 0 Å². The maximum atomic E-state index is 13.2. The Morgan fingerprint density at radius 3 is 1.77 bits per heavy atom. The molecule has 3 aromatic rings. The highest BCUT2D eigenvalue weighted by Crippen LogP contribution is 2.08. The van der Waals surface area contributed by atoms with E-state index in [4.69, 9.17) is 0 Å². The Morgan fingerprint density at radius 2 is 1.26 bits per heavy atom. The second-order valence-electron chi connectivity index (χ2n) is 7.34. The molecule has 3 rings (SSSR count). The molecule has 3 aromatic carbocycles. The van der Waals surface area contributed by atoms with E-state index in [1.807, 2.05) is 60.7 Å². The molecule has 0 spiro atoms. The predicted molar refractivity (Wildman–Crippen MR) is 117 cm³/mol. The summed E-state index contributed by atoms with van der Waals surface area (Å²) in [5.74, 6) is -1.81. The third-order valence-electron chi connectivity index (χ3n) is 4.96. The van der Waals surface area contributed by atoms with E-state index in [0.29, 0.717) is 13.0 Å². The van der Waals surface area contributed by atoms with Crippen LogP contribution in [-0.2, 0) is 29.0 Å². The van der Waals surface area contributed by atoms with Crippen molar-refractivity contribution in [3.05, 3.63) is 107 Å². The van der Waals surface area contributed by atoms with E-state index < -0.39 is 24.0 Å². The molecule has 0 radical (unpaired) electrons. The number of rotatable bonds is 10. The van der Waals surface area contributed by atoms with Gasteiger partial charge in [0.2, 0.25) is 5.91 Å². The number of carbonyl (C=O) groups excluding carboxylic acids is 1. The number of halogens is 1. The standard InChI is InChI=1S/C25H25FN2O3/c26-21-13-11-20(12-14-21)17-27-22(15-18-7-3-1-4-8-18)24(29)28-23(25(30)31)16-19-9-5-2-6-10-19/h1-14,22-23,27H,15-17H2,(H,28,29)(H,30,31)/t22-,23-/m0/s1. The zero-order valence-electron chi connectivity index (χ0n) is 17.0. The number of carbonyl (C=O) groups is 2.